The number of nitrogens with one attached hydrogen (secondary N) is 1. The Kier molecular flexibility index (Phi) is 6.10. The fraction of sp³-hybridized carbons (Fsp3) is 0.286. The molecule has 1 aliphatic rings. The molecule has 2 heterocycles. The van der Waals surface area contributed by atoms with Gasteiger partial charge >= 0.3 is 6.03 Å². The van der Waals surface area contributed by atoms with Crippen molar-refractivity contribution in [2.45, 2.75) is 19.4 Å². The maximum atomic E-state index is 12.7. The Balaban J connectivity index is 1.36. The number of halogens is 1. The molecule has 0 spiro atoms. The lowest BCUT2D eigenvalue weighted by molar-refractivity contribution is 0.185. The van der Waals surface area contributed by atoms with Gasteiger partial charge in [0.25, 0.3) is 0 Å². The third-order valence-corrected chi connectivity index (χ3v) is 6.44. The van der Waals surface area contributed by atoms with Gasteiger partial charge in [0.1, 0.15) is 5.82 Å². The Morgan fingerprint density at radius 3 is 2.69 bits per heavy atom. The summed E-state index contributed by atoms with van der Waals surface area (Å²) in [5.41, 5.74) is 1.99. The van der Waals surface area contributed by atoms with Crippen LogP contribution < -0.4 is 10.2 Å². The molecule has 1 fully saturated rings. The highest BCUT2D eigenvalue weighted by atomic mass is 79.9. The molecular formula is C21H22BrN5OS. The summed E-state index contributed by atoms with van der Waals surface area (Å²) in [6, 6.07) is 17.9. The minimum Gasteiger partial charge on any atom is -0.343 e. The van der Waals surface area contributed by atoms with Crippen molar-refractivity contribution in [1.82, 2.24) is 14.3 Å². The van der Waals surface area contributed by atoms with E-state index in [1.54, 1.807) is 0 Å². The van der Waals surface area contributed by atoms with E-state index in [1.165, 1.54) is 17.1 Å². The quantitative estimate of drug-likeness (QED) is 0.602. The molecule has 6 nitrogen and oxygen atoms in total. The molecule has 150 valence electrons. The molecule has 2 amide bonds. The average Bonchev–Trinajstić information content (AvgIpc) is 3.19. The number of benzene rings is 2. The van der Waals surface area contributed by atoms with E-state index in [2.05, 4.69) is 49.6 Å². The predicted octanol–water partition coefficient (Wildman–Crippen LogP) is 4.63. The molecule has 4 rings (SSSR count). The first kappa shape index (κ1) is 19.8. The van der Waals surface area contributed by atoms with E-state index in [0.29, 0.717) is 6.54 Å². The number of anilines is 2. The van der Waals surface area contributed by atoms with Gasteiger partial charge in [0.2, 0.25) is 5.13 Å². The molecule has 1 atom stereocenters. The van der Waals surface area contributed by atoms with Crippen LogP contribution in [-0.4, -0.2) is 46.0 Å². The van der Waals surface area contributed by atoms with Crippen LogP contribution in [0.4, 0.5) is 15.6 Å². The summed E-state index contributed by atoms with van der Waals surface area (Å²) in [7, 11) is 0. The summed E-state index contributed by atoms with van der Waals surface area (Å²) in [5.74, 6) is 0.845. The van der Waals surface area contributed by atoms with Crippen LogP contribution in [0.25, 0.3) is 0 Å². The maximum absolute atomic E-state index is 12.7. The summed E-state index contributed by atoms with van der Waals surface area (Å²) >= 11 is 4.91. The van der Waals surface area contributed by atoms with Gasteiger partial charge in [-0.25, -0.2) is 9.78 Å². The first-order chi connectivity index (χ1) is 14.1. The van der Waals surface area contributed by atoms with Crippen LogP contribution in [0, 0.1) is 0 Å². The van der Waals surface area contributed by atoms with E-state index in [-0.39, 0.29) is 12.1 Å². The predicted molar refractivity (Wildman–Crippen MR) is 121 cm³/mol. The third-order valence-electron chi connectivity index (χ3n) is 4.94. The summed E-state index contributed by atoms with van der Waals surface area (Å²) in [4.78, 5) is 21.5. The Bertz CT molecular complexity index is 980. The van der Waals surface area contributed by atoms with Gasteiger partial charge in [-0.05, 0) is 40.5 Å². The molecule has 0 saturated carbocycles. The van der Waals surface area contributed by atoms with Crippen LogP contribution >= 0.6 is 27.5 Å². The van der Waals surface area contributed by atoms with Crippen molar-refractivity contribution in [3.63, 3.8) is 0 Å². The standard InChI is InChI=1S/C21H22BrN5OS/c1-15-14-26(21-24-19(25-29-21)13-16-7-3-2-4-8-16)11-12-27(15)20(28)23-18-10-6-5-9-17(18)22/h2-10,15H,11-14H2,1H3,(H,23,28). The van der Waals surface area contributed by atoms with Crippen LogP contribution in [0.2, 0.25) is 0 Å². The number of hydrogen-bond donors (Lipinski definition) is 1. The van der Waals surface area contributed by atoms with Gasteiger partial charge in [-0.2, -0.15) is 4.37 Å². The second-order valence-corrected chi connectivity index (χ2v) is 8.64. The van der Waals surface area contributed by atoms with Gasteiger partial charge in [-0.1, -0.05) is 42.5 Å². The van der Waals surface area contributed by atoms with Crippen molar-refractivity contribution in [3.05, 3.63) is 70.5 Å². The van der Waals surface area contributed by atoms with E-state index in [1.807, 2.05) is 47.4 Å². The third kappa shape index (κ3) is 4.76. The number of hydrogen-bond acceptors (Lipinski definition) is 5. The van der Waals surface area contributed by atoms with Crippen LogP contribution in [0.1, 0.15) is 18.3 Å². The molecule has 29 heavy (non-hydrogen) atoms. The number of nitrogens with zero attached hydrogens (tertiary/aromatic N) is 4. The van der Waals surface area contributed by atoms with E-state index in [4.69, 9.17) is 4.98 Å². The van der Waals surface area contributed by atoms with Crippen molar-refractivity contribution >= 4 is 44.3 Å². The zero-order valence-electron chi connectivity index (χ0n) is 16.1. The Labute approximate surface area is 182 Å². The number of urea groups is 1. The number of piperazine rings is 1. The van der Waals surface area contributed by atoms with Gasteiger partial charge in [0.05, 0.1) is 5.69 Å². The first-order valence-electron chi connectivity index (χ1n) is 9.54. The topological polar surface area (TPSA) is 61.4 Å². The minimum absolute atomic E-state index is 0.0766. The second kappa shape index (κ2) is 8.92. The lowest BCUT2D eigenvalue weighted by atomic mass is 10.1. The fourth-order valence-electron chi connectivity index (χ4n) is 3.41. The van der Waals surface area contributed by atoms with Crippen molar-refractivity contribution in [3.8, 4) is 0 Å². The van der Waals surface area contributed by atoms with E-state index < -0.39 is 0 Å². The Morgan fingerprint density at radius 1 is 1.17 bits per heavy atom. The van der Waals surface area contributed by atoms with Gasteiger partial charge in [0.15, 0.2) is 0 Å². The molecule has 1 N–H and O–H groups in total. The van der Waals surface area contributed by atoms with Crippen LogP contribution in [0.15, 0.2) is 59.1 Å². The van der Waals surface area contributed by atoms with Gasteiger partial charge in [-0.3, -0.25) is 0 Å². The number of para-hydroxylation sites is 1. The monoisotopic (exact) mass is 471 g/mol. The highest BCUT2D eigenvalue weighted by Crippen LogP contribution is 2.25. The number of rotatable bonds is 4. The summed E-state index contributed by atoms with van der Waals surface area (Å²) in [6.45, 7) is 4.19. The lowest BCUT2D eigenvalue weighted by Gasteiger charge is -2.39. The average molecular weight is 472 g/mol. The van der Waals surface area contributed by atoms with E-state index >= 15 is 0 Å². The van der Waals surface area contributed by atoms with E-state index in [9.17, 15) is 4.79 Å². The van der Waals surface area contributed by atoms with Crippen LogP contribution in [0.3, 0.4) is 0 Å². The summed E-state index contributed by atoms with van der Waals surface area (Å²) < 4.78 is 5.40. The van der Waals surface area contributed by atoms with Gasteiger partial charge < -0.3 is 15.1 Å². The Morgan fingerprint density at radius 2 is 1.93 bits per heavy atom. The molecule has 1 aliphatic heterocycles. The van der Waals surface area contributed by atoms with Crippen molar-refractivity contribution in [2.24, 2.45) is 0 Å². The van der Waals surface area contributed by atoms with Gasteiger partial charge in [-0.15, -0.1) is 0 Å². The van der Waals surface area contributed by atoms with Crippen molar-refractivity contribution in [1.29, 1.82) is 0 Å². The fourth-order valence-corrected chi connectivity index (χ4v) is 4.51. The number of carbonyl (C=O) groups is 1. The molecule has 0 radical (unpaired) electrons. The summed E-state index contributed by atoms with van der Waals surface area (Å²) in [6.07, 6.45) is 0.737. The highest BCUT2D eigenvalue weighted by molar-refractivity contribution is 9.10. The smallest absolute Gasteiger partial charge is 0.322 e. The molecule has 0 bridgehead atoms. The van der Waals surface area contributed by atoms with Crippen LogP contribution in [0.5, 0.6) is 0 Å². The zero-order valence-corrected chi connectivity index (χ0v) is 18.5. The Hall–Kier alpha value is -2.45. The maximum Gasteiger partial charge on any atom is 0.322 e. The second-order valence-electron chi connectivity index (χ2n) is 7.05. The van der Waals surface area contributed by atoms with Crippen molar-refractivity contribution in [2.75, 3.05) is 29.9 Å². The van der Waals surface area contributed by atoms with Crippen LogP contribution in [-0.2, 0) is 6.42 Å². The van der Waals surface area contributed by atoms with E-state index in [0.717, 1.165) is 40.6 Å². The van der Waals surface area contributed by atoms with Crippen molar-refractivity contribution < 1.29 is 4.79 Å². The number of amides is 2. The lowest BCUT2D eigenvalue weighted by Crippen LogP contribution is -2.55. The normalized spacial score (nSPS) is 16.7. The highest BCUT2D eigenvalue weighted by Gasteiger charge is 2.29. The zero-order chi connectivity index (χ0) is 20.2. The molecule has 0 aliphatic carbocycles. The largest absolute Gasteiger partial charge is 0.343 e. The van der Waals surface area contributed by atoms with Gasteiger partial charge in [0, 0.05) is 48.1 Å². The molecule has 3 aromatic rings. The molecule has 1 saturated heterocycles. The number of aromatic nitrogens is 2. The summed E-state index contributed by atoms with van der Waals surface area (Å²) in [5, 5.41) is 3.92. The molecule has 1 aromatic heterocycles. The molecule has 8 heteroatoms. The molecule has 2 aromatic carbocycles. The molecule has 1 unspecified atom stereocenters. The SMILES string of the molecule is CC1CN(c2nc(Cc3ccccc3)ns2)CCN1C(=O)Nc1ccccc1Br. The first-order valence-corrected chi connectivity index (χ1v) is 11.1. The minimum atomic E-state index is -0.0777. The molecular weight excluding hydrogens is 450 g/mol. The number of carbonyl (C=O) groups excluding carboxylic acids is 1.